The van der Waals surface area contributed by atoms with Crippen LogP contribution < -0.4 is 5.32 Å². The molecule has 0 saturated carbocycles. The van der Waals surface area contributed by atoms with Crippen LogP contribution in [0, 0.1) is 13.8 Å². The quantitative estimate of drug-likeness (QED) is 0.503. The molecule has 2 heterocycles. The van der Waals surface area contributed by atoms with Crippen molar-refractivity contribution in [3.05, 3.63) is 93.8 Å². The van der Waals surface area contributed by atoms with Gasteiger partial charge in [-0.05, 0) is 50.0 Å². The summed E-state index contributed by atoms with van der Waals surface area (Å²) < 4.78 is 1.94. The number of halogens is 1. The molecule has 5 nitrogen and oxygen atoms in total. The van der Waals surface area contributed by atoms with Crippen molar-refractivity contribution in [2.45, 2.75) is 45.8 Å². The van der Waals surface area contributed by atoms with E-state index in [0.29, 0.717) is 6.54 Å². The first kappa shape index (κ1) is 23.3. The fraction of sp³-hybridized carbons (Fsp3) is 0.333. The van der Waals surface area contributed by atoms with Crippen LogP contribution in [-0.4, -0.2) is 39.7 Å². The maximum atomic E-state index is 12.6. The van der Waals surface area contributed by atoms with Crippen LogP contribution in [0.25, 0.3) is 6.08 Å². The number of likely N-dealkylation sites (tertiary alicyclic amines) is 1. The third-order valence-electron chi connectivity index (χ3n) is 6.30. The molecule has 1 aliphatic rings. The molecule has 0 aliphatic carbocycles. The number of nitrogens with zero attached hydrogens (tertiary/aromatic N) is 3. The van der Waals surface area contributed by atoms with E-state index in [2.05, 4.69) is 39.6 Å². The first-order chi connectivity index (χ1) is 16.0. The Hall–Kier alpha value is -2.89. The molecule has 0 spiro atoms. The molecule has 3 aromatic rings. The summed E-state index contributed by atoms with van der Waals surface area (Å²) in [6.45, 7) is 7.56. The van der Waals surface area contributed by atoms with Gasteiger partial charge in [0.05, 0.1) is 12.2 Å². The number of hydrogen-bond donors (Lipinski definition) is 1. The van der Waals surface area contributed by atoms with Gasteiger partial charge in [0.1, 0.15) is 0 Å². The lowest BCUT2D eigenvalue weighted by atomic mass is 10.0. The zero-order valence-electron chi connectivity index (χ0n) is 19.3. The Balaban J connectivity index is 1.30. The Bertz CT molecular complexity index is 1110. The van der Waals surface area contributed by atoms with Crippen molar-refractivity contribution in [3.8, 4) is 0 Å². The van der Waals surface area contributed by atoms with Crippen molar-refractivity contribution >= 4 is 23.6 Å². The monoisotopic (exact) mass is 462 g/mol. The van der Waals surface area contributed by atoms with E-state index in [1.165, 1.54) is 5.56 Å². The van der Waals surface area contributed by atoms with Crippen LogP contribution >= 0.6 is 11.6 Å². The first-order valence-electron chi connectivity index (χ1n) is 11.5. The highest BCUT2D eigenvalue weighted by atomic mass is 35.5. The van der Waals surface area contributed by atoms with E-state index >= 15 is 0 Å². The average molecular weight is 463 g/mol. The molecule has 172 valence electrons. The number of nitrogens with one attached hydrogen (secondary N) is 1. The molecule has 1 N–H and O–H groups in total. The SMILES string of the molecule is Cc1nn(Cc2ccccc2Cl)c(C)c1/C=C/C(=O)NC1CCN(Cc2ccccc2)CC1. The maximum Gasteiger partial charge on any atom is 0.244 e. The largest absolute Gasteiger partial charge is 0.350 e. The molecule has 0 bridgehead atoms. The topological polar surface area (TPSA) is 50.2 Å². The van der Waals surface area contributed by atoms with Gasteiger partial charge in [-0.3, -0.25) is 14.4 Å². The van der Waals surface area contributed by atoms with Gasteiger partial charge >= 0.3 is 0 Å². The summed E-state index contributed by atoms with van der Waals surface area (Å²) in [5, 5.41) is 8.55. The summed E-state index contributed by atoms with van der Waals surface area (Å²) in [5.74, 6) is -0.0471. The Morgan fingerprint density at radius 1 is 1.06 bits per heavy atom. The number of carbonyl (C=O) groups is 1. The van der Waals surface area contributed by atoms with E-state index < -0.39 is 0 Å². The van der Waals surface area contributed by atoms with Crippen LogP contribution in [0.5, 0.6) is 0 Å². The maximum absolute atomic E-state index is 12.6. The molecule has 4 rings (SSSR count). The van der Waals surface area contributed by atoms with E-state index in [1.54, 1.807) is 6.08 Å². The van der Waals surface area contributed by atoms with Gasteiger partial charge in [0, 0.05) is 48.0 Å². The molecular weight excluding hydrogens is 432 g/mol. The average Bonchev–Trinajstić information content (AvgIpc) is 3.08. The molecule has 1 amide bonds. The third kappa shape index (κ3) is 6.12. The smallest absolute Gasteiger partial charge is 0.244 e. The van der Waals surface area contributed by atoms with Gasteiger partial charge in [0.15, 0.2) is 0 Å². The van der Waals surface area contributed by atoms with E-state index in [9.17, 15) is 4.79 Å². The molecule has 2 aromatic carbocycles. The normalized spacial score (nSPS) is 15.2. The zero-order chi connectivity index (χ0) is 23.2. The second-order valence-corrected chi connectivity index (χ2v) is 9.12. The summed E-state index contributed by atoms with van der Waals surface area (Å²) in [6.07, 6.45) is 5.45. The van der Waals surface area contributed by atoms with Crippen LogP contribution in [0.2, 0.25) is 5.02 Å². The standard InChI is InChI=1S/C27H31ClN4O/c1-20-25(21(2)32(30-20)19-23-10-6-7-11-26(23)28)12-13-27(33)29-24-14-16-31(17-15-24)18-22-8-4-3-5-9-22/h3-13,24H,14-19H2,1-2H3,(H,29,33)/b13-12+. The molecule has 1 aromatic heterocycles. The number of carbonyl (C=O) groups excluding carboxylic acids is 1. The van der Waals surface area contributed by atoms with Crippen molar-refractivity contribution in [2.75, 3.05) is 13.1 Å². The number of hydrogen-bond acceptors (Lipinski definition) is 3. The van der Waals surface area contributed by atoms with E-state index in [4.69, 9.17) is 11.6 Å². The van der Waals surface area contributed by atoms with Crippen LogP contribution in [-0.2, 0) is 17.9 Å². The summed E-state index contributed by atoms with van der Waals surface area (Å²) in [7, 11) is 0. The fourth-order valence-electron chi connectivity index (χ4n) is 4.38. The fourth-order valence-corrected chi connectivity index (χ4v) is 4.57. The van der Waals surface area contributed by atoms with Crippen LogP contribution in [0.15, 0.2) is 60.7 Å². The molecule has 1 fully saturated rings. The van der Waals surface area contributed by atoms with Gasteiger partial charge in [0.2, 0.25) is 5.91 Å². The highest BCUT2D eigenvalue weighted by Gasteiger charge is 2.20. The van der Waals surface area contributed by atoms with Crippen LogP contribution in [0.4, 0.5) is 0 Å². The van der Waals surface area contributed by atoms with Crippen LogP contribution in [0.3, 0.4) is 0 Å². The predicted octanol–water partition coefficient (Wildman–Crippen LogP) is 5.00. The predicted molar refractivity (Wildman–Crippen MR) is 134 cm³/mol. The number of aromatic nitrogens is 2. The number of amides is 1. The minimum absolute atomic E-state index is 0.0471. The third-order valence-corrected chi connectivity index (χ3v) is 6.67. The number of aryl methyl sites for hydroxylation is 1. The van der Waals surface area contributed by atoms with Crippen molar-refractivity contribution in [1.29, 1.82) is 0 Å². The van der Waals surface area contributed by atoms with Gasteiger partial charge in [-0.2, -0.15) is 5.10 Å². The Kier molecular flexibility index (Phi) is 7.63. The van der Waals surface area contributed by atoms with E-state index in [1.807, 2.05) is 54.9 Å². The number of rotatable bonds is 7. The zero-order valence-corrected chi connectivity index (χ0v) is 20.1. The van der Waals surface area contributed by atoms with Gasteiger partial charge in [-0.15, -0.1) is 0 Å². The van der Waals surface area contributed by atoms with Crippen LogP contribution in [0.1, 0.15) is 40.9 Å². The minimum atomic E-state index is -0.0471. The number of piperidine rings is 1. The lowest BCUT2D eigenvalue weighted by molar-refractivity contribution is -0.117. The molecular formula is C27H31ClN4O. The van der Waals surface area contributed by atoms with Gasteiger partial charge < -0.3 is 5.32 Å². The minimum Gasteiger partial charge on any atom is -0.350 e. The molecule has 0 unspecified atom stereocenters. The van der Waals surface area contributed by atoms with Crippen molar-refractivity contribution in [3.63, 3.8) is 0 Å². The summed E-state index contributed by atoms with van der Waals surface area (Å²) in [4.78, 5) is 15.0. The van der Waals surface area contributed by atoms with E-state index in [-0.39, 0.29) is 11.9 Å². The molecule has 33 heavy (non-hydrogen) atoms. The van der Waals surface area contributed by atoms with Gasteiger partial charge in [-0.1, -0.05) is 60.1 Å². The highest BCUT2D eigenvalue weighted by Crippen LogP contribution is 2.20. The van der Waals surface area contributed by atoms with Gasteiger partial charge in [0.25, 0.3) is 0 Å². The van der Waals surface area contributed by atoms with Crippen molar-refractivity contribution in [1.82, 2.24) is 20.0 Å². The molecule has 1 aliphatic heterocycles. The molecule has 0 atom stereocenters. The Labute approximate surface area is 201 Å². The lowest BCUT2D eigenvalue weighted by Gasteiger charge is -2.32. The summed E-state index contributed by atoms with van der Waals surface area (Å²) in [6, 6.07) is 18.6. The second kappa shape index (κ2) is 10.8. The van der Waals surface area contributed by atoms with Crippen molar-refractivity contribution in [2.24, 2.45) is 0 Å². The molecule has 0 radical (unpaired) electrons. The summed E-state index contributed by atoms with van der Waals surface area (Å²) >= 11 is 6.31. The molecule has 1 saturated heterocycles. The first-order valence-corrected chi connectivity index (χ1v) is 11.9. The Morgan fingerprint density at radius 3 is 2.48 bits per heavy atom. The second-order valence-electron chi connectivity index (χ2n) is 8.71. The van der Waals surface area contributed by atoms with Gasteiger partial charge in [-0.25, -0.2) is 0 Å². The van der Waals surface area contributed by atoms with Crippen molar-refractivity contribution < 1.29 is 4.79 Å². The Morgan fingerprint density at radius 2 is 1.76 bits per heavy atom. The highest BCUT2D eigenvalue weighted by molar-refractivity contribution is 6.31. The lowest BCUT2D eigenvalue weighted by Crippen LogP contribution is -2.43. The molecule has 6 heteroatoms. The number of benzene rings is 2. The van der Waals surface area contributed by atoms with E-state index in [0.717, 1.165) is 60.0 Å². The summed E-state index contributed by atoms with van der Waals surface area (Å²) in [5.41, 5.74) is 5.26.